The van der Waals surface area contributed by atoms with Crippen molar-refractivity contribution in [1.29, 1.82) is 0 Å². The number of carbonyl (C=O) groups is 2. The third-order valence-corrected chi connectivity index (χ3v) is 9.36. The first kappa shape index (κ1) is 30.2. The third-order valence-electron chi connectivity index (χ3n) is 9.36. The number of likely N-dealkylation sites (tertiary alicyclic amines) is 1. The number of amides is 2. The van der Waals surface area contributed by atoms with Crippen molar-refractivity contribution >= 4 is 11.8 Å². The van der Waals surface area contributed by atoms with Crippen LogP contribution in [0.25, 0.3) is 0 Å². The average molecular weight is 582 g/mol. The molecule has 1 aromatic rings. The molecule has 2 saturated heterocycles. The Morgan fingerprint density at radius 2 is 2.10 bits per heavy atom. The second kappa shape index (κ2) is 12.1. The summed E-state index contributed by atoms with van der Waals surface area (Å²) < 4.78 is 51.4. The Morgan fingerprint density at radius 3 is 2.83 bits per heavy atom. The topological polar surface area (TPSA) is 87.2 Å². The van der Waals surface area contributed by atoms with Crippen molar-refractivity contribution in [2.75, 3.05) is 60.6 Å². The summed E-state index contributed by atoms with van der Waals surface area (Å²) in [5.74, 6) is -0.0225. The van der Waals surface area contributed by atoms with Crippen molar-refractivity contribution in [2.24, 2.45) is 11.3 Å². The van der Waals surface area contributed by atoms with Gasteiger partial charge in [0, 0.05) is 76.7 Å². The molecule has 9 nitrogen and oxygen atoms in total. The van der Waals surface area contributed by atoms with E-state index in [0.29, 0.717) is 63.4 Å². The van der Waals surface area contributed by atoms with E-state index >= 15 is 0 Å². The highest BCUT2D eigenvalue weighted by Crippen LogP contribution is 2.51. The molecular weight excluding hydrogens is 539 g/mol. The van der Waals surface area contributed by atoms with Gasteiger partial charge in [-0.1, -0.05) is 0 Å². The van der Waals surface area contributed by atoms with E-state index in [-0.39, 0.29) is 42.5 Å². The van der Waals surface area contributed by atoms with Crippen LogP contribution in [0.5, 0.6) is 0 Å². The van der Waals surface area contributed by atoms with Crippen molar-refractivity contribution in [2.45, 2.75) is 69.4 Å². The highest BCUT2D eigenvalue weighted by Gasteiger charge is 2.59. The van der Waals surface area contributed by atoms with E-state index in [1.165, 1.54) is 0 Å². The molecule has 1 saturated carbocycles. The summed E-state index contributed by atoms with van der Waals surface area (Å²) in [6.07, 6.45) is 0.0427. The fourth-order valence-corrected chi connectivity index (χ4v) is 7.23. The molecule has 1 aromatic heterocycles. The summed E-state index contributed by atoms with van der Waals surface area (Å²) in [6.45, 7) is 3.35. The van der Waals surface area contributed by atoms with Crippen molar-refractivity contribution in [3.8, 4) is 0 Å². The molecule has 0 spiro atoms. The van der Waals surface area contributed by atoms with Gasteiger partial charge in [-0.15, -0.1) is 0 Å². The van der Waals surface area contributed by atoms with Crippen LogP contribution in [0.1, 0.15) is 48.9 Å². The normalized spacial score (nSPS) is 30.0. The van der Waals surface area contributed by atoms with E-state index in [4.69, 9.17) is 9.47 Å². The quantitative estimate of drug-likeness (QED) is 0.505. The number of pyridine rings is 1. The maximum Gasteiger partial charge on any atom is 0.417 e. The lowest BCUT2D eigenvalue weighted by molar-refractivity contribution is -0.144. The minimum Gasteiger partial charge on any atom is -0.379 e. The lowest BCUT2D eigenvalue weighted by Gasteiger charge is -2.37. The molecule has 4 heterocycles. The Bertz CT molecular complexity index is 1120. The number of aromatic nitrogens is 1. The molecule has 12 heteroatoms. The fraction of sp³-hybridized carbons (Fsp3) is 0.759. The predicted molar refractivity (Wildman–Crippen MR) is 145 cm³/mol. The van der Waals surface area contributed by atoms with Gasteiger partial charge >= 0.3 is 6.18 Å². The number of carbonyl (C=O) groups excluding carboxylic acids is 2. The van der Waals surface area contributed by atoms with Gasteiger partial charge in [-0.2, -0.15) is 13.2 Å². The highest BCUT2D eigenvalue weighted by atomic mass is 19.4. The zero-order valence-corrected chi connectivity index (χ0v) is 24.2. The molecule has 1 aliphatic carbocycles. The Kier molecular flexibility index (Phi) is 8.94. The minimum atomic E-state index is -4.49. The number of nitrogens with one attached hydrogen (secondary N) is 1. The number of rotatable bonds is 8. The number of fused-ring (bicyclic) bond motifs is 2. The molecule has 0 bridgehead atoms. The summed E-state index contributed by atoms with van der Waals surface area (Å²) in [4.78, 5) is 37.2. The molecule has 0 radical (unpaired) electrons. The Balaban J connectivity index is 1.35. The van der Waals surface area contributed by atoms with Crippen molar-refractivity contribution < 1.29 is 32.2 Å². The molecule has 3 aliphatic heterocycles. The SMILES string of the molecule is COC1COCCC1N[C@@H]1C[C@H]2CN(C(=O)CCCN(C)C)C[C@@]2(C(=O)N2CCc3ncc(C(F)(F)F)cc3C2)C1. The van der Waals surface area contributed by atoms with Gasteiger partial charge in [-0.3, -0.25) is 14.6 Å². The summed E-state index contributed by atoms with van der Waals surface area (Å²) in [5, 5.41) is 3.74. The molecule has 1 N–H and O–H groups in total. The van der Waals surface area contributed by atoms with Crippen LogP contribution in [-0.4, -0.2) is 110 Å². The van der Waals surface area contributed by atoms with Crippen molar-refractivity contribution in [3.05, 3.63) is 29.1 Å². The van der Waals surface area contributed by atoms with Gasteiger partial charge in [-0.05, 0) is 63.9 Å². The lowest BCUT2D eigenvalue weighted by Crippen LogP contribution is -2.52. The maximum absolute atomic E-state index is 14.4. The van der Waals surface area contributed by atoms with E-state index in [0.717, 1.165) is 38.1 Å². The zero-order valence-electron chi connectivity index (χ0n) is 24.2. The molecule has 4 aliphatic rings. The van der Waals surface area contributed by atoms with E-state index in [9.17, 15) is 22.8 Å². The van der Waals surface area contributed by atoms with Crippen LogP contribution in [0.3, 0.4) is 0 Å². The van der Waals surface area contributed by atoms with Crippen molar-refractivity contribution in [1.82, 2.24) is 25.0 Å². The summed E-state index contributed by atoms with van der Waals surface area (Å²) in [5.41, 5.74) is -0.516. The Morgan fingerprint density at radius 1 is 1.29 bits per heavy atom. The van der Waals surface area contributed by atoms with E-state index in [1.807, 2.05) is 23.9 Å². The molecule has 5 rings (SSSR count). The predicted octanol–water partition coefficient (Wildman–Crippen LogP) is 2.33. The van der Waals surface area contributed by atoms with Gasteiger partial charge in [-0.25, -0.2) is 0 Å². The smallest absolute Gasteiger partial charge is 0.379 e. The molecule has 0 aromatic carbocycles. The van der Waals surface area contributed by atoms with Crippen LogP contribution >= 0.6 is 0 Å². The standard InChI is InChI=1S/C29H42F3N5O4/c1-35(2)8-4-5-26(38)37-16-21-12-22(34-24-7-10-41-17-25(24)40-3)13-28(21,18-37)27(39)36-9-6-23-19(15-36)11-20(14-33-23)29(30,31)32/h11,14,21-22,24-25,34H,4-10,12-13,15-18H2,1-3H3/t21-,22+,24?,25?,28-/m0/s1. The molecule has 41 heavy (non-hydrogen) atoms. The lowest BCUT2D eigenvalue weighted by atomic mass is 9.78. The number of halogens is 3. The maximum atomic E-state index is 14.4. The van der Waals surface area contributed by atoms with Crippen molar-refractivity contribution in [3.63, 3.8) is 0 Å². The van der Waals surface area contributed by atoms with Crippen LogP contribution in [0, 0.1) is 11.3 Å². The average Bonchev–Trinajstić information content (AvgIpc) is 3.46. The first-order valence-corrected chi connectivity index (χ1v) is 14.6. The van der Waals surface area contributed by atoms with Gasteiger partial charge < -0.3 is 29.5 Å². The van der Waals surface area contributed by atoms with Gasteiger partial charge in [0.15, 0.2) is 0 Å². The second-order valence-corrected chi connectivity index (χ2v) is 12.4. The molecular formula is C29H42F3N5O4. The number of hydrogen-bond donors (Lipinski definition) is 1. The zero-order chi connectivity index (χ0) is 29.4. The molecule has 2 amide bonds. The summed E-state index contributed by atoms with van der Waals surface area (Å²) >= 11 is 0. The van der Waals surface area contributed by atoms with E-state index in [2.05, 4.69) is 10.3 Å². The molecule has 2 unspecified atom stereocenters. The minimum absolute atomic E-state index is 0.0211. The molecule has 5 atom stereocenters. The Hall–Kier alpha value is -2.28. The summed E-state index contributed by atoms with van der Waals surface area (Å²) in [6, 6.07) is 1.31. The van der Waals surface area contributed by atoms with Gasteiger partial charge in [0.25, 0.3) is 0 Å². The highest BCUT2D eigenvalue weighted by molar-refractivity contribution is 5.86. The van der Waals surface area contributed by atoms with E-state index in [1.54, 1.807) is 12.0 Å². The van der Waals surface area contributed by atoms with Crippen LogP contribution in [0.2, 0.25) is 0 Å². The first-order chi connectivity index (χ1) is 19.5. The number of methoxy groups -OCH3 is 1. The Labute approximate surface area is 239 Å². The molecule has 228 valence electrons. The van der Waals surface area contributed by atoms with Crippen LogP contribution < -0.4 is 5.32 Å². The van der Waals surface area contributed by atoms with Gasteiger partial charge in [0.2, 0.25) is 11.8 Å². The fourth-order valence-electron chi connectivity index (χ4n) is 7.23. The largest absolute Gasteiger partial charge is 0.417 e. The molecule has 3 fully saturated rings. The van der Waals surface area contributed by atoms with Gasteiger partial charge in [0.1, 0.15) is 0 Å². The number of ether oxygens (including phenoxy) is 2. The van der Waals surface area contributed by atoms with E-state index < -0.39 is 17.2 Å². The van der Waals surface area contributed by atoms with Crippen LogP contribution in [-0.2, 0) is 38.2 Å². The summed E-state index contributed by atoms with van der Waals surface area (Å²) in [7, 11) is 5.62. The third kappa shape index (κ3) is 6.40. The van der Waals surface area contributed by atoms with Crippen LogP contribution in [0.15, 0.2) is 12.3 Å². The van der Waals surface area contributed by atoms with Crippen LogP contribution in [0.4, 0.5) is 13.2 Å². The number of nitrogens with zero attached hydrogens (tertiary/aromatic N) is 4. The van der Waals surface area contributed by atoms with Gasteiger partial charge in [0.05, 0.1) is 23.7 Å². The second-order valence-electron chi connectivity index (χ2n) is 12.4. The monoisotopic (exact) mass is 581 g/mol. The number of alkyl halides is 3. The first-order valence-electron chi connectivity index (χ1n) is 14.6. The number of hydrogen-bond acceptors (Lipinski definition) is 7.